The molecule has 116 valence electrons. The van der Waals surface area contributed by atoms with Crippen LogP contribution in [0, 0.1) is 17.7 Å². The molecule has 6 heteroatoms. The maximum atomic E-state index is 14.5. The summed E-state index contributed by atoms with van der Waals surface area (Å²) in [6, 6.07) is 2.77. The summed E-state index contributed by atoms with van der Waals surface area (Å²) in [5.74, 6) is 2.74. The molecular formula is C16H17FN2O3. The Bertz CT molecular complexity index is 671. The lowest BCUT2D eigenvalue weighted by Gasteiger charge is -2.17. The van der Waals surface area contributed by atoms with Gasteiger partial charge in [-0.05, 0) is 26.0 Å². The molecule has 0 saturated carbocycles. The first-order valence-electron chi connectivity index (χ1n) is 6.86. The molecule has 1 aromatic rings. The van der Waals surface area contributed by atoms with E-state index in [1.54, 1.807) is 19.9 Å². The third-order valence-electron chi connectivity index (χ3n) is 3.53. The molecule has 2 amide bonds. The van der Waals surface area contributed by atoms with Crippen LogP contribution in [0.5, 0.6) is 5.75 Å². The smallest absolute Gasteiger partial charge is 0.258 e. The van der Waals surface area contributed by atoms with Gasteiger partial charge in [0.15, 0.2) is 5.92 Å². The van der Waals surface area contributed by atoms with Crippen molar-refractivity contribution in [2.45, 2.75) is 19.8 Å². The van der Waals surface area contributed by atoms with Gasteiger partial charge in [0.2, 0.25) is 0 Å². The average Bonchev–Trinajstić information content (AvgIpc) is 2.65. The third-order valence-corrected chi connectivity index (χ3v) is 3.53. The van der Waals surface area contributed by atoms with Crippen molar-refractivity contribution in [3.8, 4) is 17.6 Å². The number of amides is 2. The summed E-state index contributed by atoms with van der Waals surface area (Å²) in [4.78, 5) is 24.5. The van der Waals surface area contributed by atoms with E-state index in [1.807, 2.05) is 0 Å². The summed E-state index contributed by atoms with van der Waals surface area (Å²) in [5.41, 5.74) is 0.404. The van der Waals surface area contributed by atoms with E-state index >= 15 is 0 Å². The van der Waals surface area contributed by atoms with Gasteiger partial charge in [0.1, 0.15) is 11.6 Å². The van der Waals surface area contributed by atoms with Crippen molar-refractivity contribution in [2.75, 3.05) is 20.7 Å². The Morgan fingerprint density at radius 1 is 1.23 bits per heavy atom. The number of hydrogen-bond donors (Lipinski definition) is 0. The van der Waals surface area contributed by atoms with Crippen LogP contribution in [0.15, 0.2) is 12.1 Å². The predicted octanol–water partition coefficient (Wildman–Crippen LogP) is 1.52. The highest BCUT2D eigenvalue weighted by atomic mass is 19.1. The Morgan fingerprint density at radius 2 is 1.82 bits per heavy atom. The van der Waals surface area contributed by atoms with Crippen LogP contribution in [0.4, 0.5) is 4.39 Å². The third kappa shape index (κ3) is 2.50. The van der Waals surface area contributed by atoms with Gasteiger partial charge in [-0.15, -0.1) is 5.92 Å². The van der Waals surface area contributed by atoms with Crippen LogP contribution in [0.1, 0.15) is 30.9 Å². The first-order chi connectivity index (χ1) is 10.4. The first kappa shape index (κ1) is 15.8. The molecule has 5 nitrogen and oxygen atoms in total. The van der Waals surface area contributed by atoms with E-state index in [0.717, 1.165) is 0 Å². The first-order valence-corrected chi connectivity index (χ1v) is 6.86. The summed E-state index contributed by atoms with van der Waals surface area (Å²) in [7, 11) is 2.94. The number of hydrazine groups is 1. The van der Waals surface area contributed by atoms with E-state index in [2.05, 4.69) is 11.8 Å². The second-order valence-electron chi connectivity index (χ2n) is 4.83. The van der Waals surface area contributed by atoms with Crippen molar-refractivity contribution in [3.63, 3.8) is 0 Å². The quantitative estimate of drug-likeness (QED) is 0.628. The molecule has 1 heterocycles. The minimum Gasteiger partial charge on any atom is -0.493 e. The number of carbonyl (C=O) groups is 2. The van der Waals surface area contributed by atoms with Crippen LogP contribution >= 0.6 is 0 Å². The van der Waals surface area contributed by atoms with Gasteiger partial charge in [-0.3, -0.25) is 19.6 Å². The molecule has 0 spiro atoms. The van der Waals surface area contributed by atoms with Gasteiger partial charge < -0.3 is 4.74 Å². The van der Waals surface area contributed by atoms with E-state index in [4.69, 9.17) is 4.74 Å². The zero-order chi connectivity index (χ0) is 16.4. The lowest BCUT2D eigenvalue weighted by atomic mass is 9.95. The largest absolute Gasteiger partial charge is 0.493 e. The van der Waals surface area contributed by atoms with Crippen molar-refractivity contribution in [1.82, 2.24) is 10.0 Å². The molecule has 0 atom stereocenters. The second-order valence-corrected chi connectivity index (χ2v) is 4.83. The van der Waals surface area contributed by atoms with Gasteiger partial charge in [0, 0.05) is 19.7 Å². The Balaban J connectivity index is 2.61. The van der Waals surface area contributed by atoms with Crippen LogP contribution in [-0.4, -0.2) is 42.5 Å². The molecule has 1 saturated heterocycles. The minimum absolute atomic E-state index is 0.0327. The fourth-order valence-electron chi connectivity index (χ4n) is 2.39. The van der Waals surface area contributed by atoms with E-state index in [0.29, 0.717) is 5.56 Å². The number of carbonyl (C=O) groups excluding carboxylic acids is 2. The molecule has 0 unspecified atom stereocenters. The number of likely N-dealkylation sites (N-methyl/N-ethyl adjacent to an activating group) is 2. The van der Waals surface area contributed by atoms with E-state index in [-0.39, 0.29) is 17.9 Å². The monoisotopic (exact) mass is 304 g/mol. The van der Waals surface area contributed by atoms with Crippen LogP contribution in [0.3, 0.4) is 0 Å². The Labute approximate surface area is 128 Å². The highest BCUT2D eigenvalue weighted by Crippen LogP contribution is 2.36. The summed E-state index contributed by atoms with van der Waals surface area (Å²) >= 11 is 0. The van der Waals surface area contributed by atoms with Gasteiger partial charge >= 0.3 is 0 Å². The van der Waals surface area contributed by atoms with Gasteiger partial charge in [-0.25, -0.2) is 4.39 Å². The van der Waals surface area contributed by atoms with Crippen molar-refractivity contribution < 1.29 is 18.7 Å². The SMILES string of the molecule is CC#Cc1cc(F)c(C2C(=O)N(C)N(C)C2=O)c(OCC)c1. The zero-order valence-corrected chi connectivity index (χ0v) is 12.9. The number of hydrogen-bond acceptors (Lipinski definition) is 3. The number of benzene rings is 1. The molecule has 1 aliphatic heterocycles. The molecule has 1 aliphatic rings. The molecule has 0 aromatic heterocycles. The molecule has 0 N–H and O–H groups in total. The maximum absolute atomic E-state index is 14.5. The normalized spacial score (nSPS) is 15.1. The molecule has 0 aliphatic carbocycles. The number of ether oxygens (including phenoxy) is 1. The highest BCUT2D eigenvalue weighted by Gasteiger charge is 2.45. The van der Waals surface area contributed by atoms with Crippen molar-refractivity contribution in [1.29, 1.82) is 0 Å². The maximum Gasteiger partial charge on any atom is 0.258 e. The molecule has 1 aromatic carbocycles. The van der Waals surface area contributed by atoms with Gasteiger partial charge in [0.05, 0.1) is 12.2 Å². The fourth-order valence-corrected chi connectivity index (χ4v) is 2.39. The second kappa shape index (κ2) is 6.06. The molecule has 0 bridgehead atoms. The summed E-state index contributed by atoms with van der Waals surface area (Å²) in [6.45, 7) is 3.67. The Morgan fingerprint density at radius 3 is 2.32 bits per heavy atom. The topological polar surface area (TPSA) is 49.9 Å². The standard InChI is InChI=1S/C16H17FN2O3/c1-5-7-10-8-11(17)13(12(9-10)22-6-2)14-15(20)18(3)19(4)16(14)21/h8-9,14H,6H2,1-4H3. The number of halogens is 1. The zero-order valence-electron chi connectivity index (χ0n) is 12.9. The molecular weight excluding hydrogens is 287 g/mol. The van der Waals surface area contributed by atoms with E-state index in [9.17, 15) is 14.0 Å². The lowest BCUT2D eigenvalue weighted by molar-refractivity contribution is -0.141. The summed E-state index contributed by atoms with van der Waals surface area (Å²) in [6.07, 6.45) is 0. The van der Waals surface area contributed by atoms with Gasteiger partial charge in [0.25, 0.3) is 11.8 Å². The van der Waals surface area contributed by atoms with E-state index < -0.39 is 23.5 Å². The van der Waals surface area contributed by atoms with Crippen molar-refractivity contribution in [3.05, 3.63) is 29.1 Å². The Hall–Kier alpha value is -2.55. The average molecular weight is 304 g/mol. The summed E-state index contributed by atoms with van der Waals surface area (Å²) < 4.78 is 20.0. The molecule has 2 rings (SSSR count). The molecule has 1 fully saturated rings. The van der Waals surface area contributed by atoms with Gasteiger partial charge in [-0.1, -0.05) is 5.92 Å². The Kier molecular flexibility index (Phi) is 4.36. The minimum atomic E-state index is -1.22. The van der Waals surface area contributed by atoms with Crippen LogP contribution in [0.2, 0.25) is 0 Å². The van der Waals surface area contributed by atoms with Gasteiger partial charge in [-0.2, -0.15) is 0 Å². The number of rotatable bonds is 3. The predicted molar refractivity (Wildman–Crippen MR) is 78.4 cm³/mol. The number of nitrogens with zero attached hydrogens (tertiary/aromatic N) is 2. The highest BCUT2D eigenvalue weighted by molar-refractivity contribution is 6.10. The van der Waals surface area contributed by atoms with Crippen LogP contribution < -0.4 is 4.74 Å². The van der Waals surface area contributed by atoms with Crippen molar-refractivity contribution in [2.24, 2.45) is 0 Å². The van der Waals surface area contributed by atoms with Crippen molar-refractivity contribution >= 4 is 11.8 Å². The summed E-state index contributed by atoms with van der Waals surface area (Å²) in [5, 5.41) is 2.34. The van der Waals surface area contributed by atoms with Crippen LogP contribution in [-0.2, 0) is 9.59 Å². The lowest BCUT2D eigenvalue weighted by Crippen LogP contribution is -2.33. The fraction of sp³-hybridized carbons (Fsp3) is 0.375. The molecule has 22 heavy (non-hydrogen) atoms. The van der Waals surface area contributed by atoms with Crippen LogP contribution in [0.25, 0.3) is 0 Å². The van der Waals surface area contributed by atoms with E-state index in [1.165, 1.54) is 30.2 Å². The molecule has 0 radical (unpaired) electrons.